The van der Waals surface area contributed by atoms with Crippen molar-refractivity contribution in [3.05, 3.63) is 10.7 Å². The molecule has 0 spiro atoms. The van der Waals surface area contributed by atoms with Crippen LogP contribution < -0.4 is 0 Å². The van der Waals surface area contributed by atoms with Crippen LogP contribution in [0.15, 0.2) is 4.42 Å². The van der Waals surface area contributed by atoms with Crippen LogP contribution in [0, 0.1) is 4.84 Å². The first-order valence-corrected chi connectivity index (χ1v) is 4.36. The first kappa shape index (κ1) is 10.4. The van der Waals surface area contributed by atoms with E-state index in [-0.39, 0.29) is 4.84 Å². The van der Waals surface area contributed by atoms with Gasteiger partial charge in [-0.3, -0.25) is 0 Å². The van der Waals surface area contributed by atoms with Crippen molar-refractivity contribution in [3.63, 3.8) is 0 Å². The van der Waals surface area contributed by atoms with Crippen molar-refractivity contribution in [3.8, 4) is 0 Å². The second kappa shape index (κ2) is 4.50. The van der Waals surface area contributed by atoms with Crippen LogP contribution in [0.4, 0.5) is 0 Å². The molecule has 0 saturated carbocycles. The number of rotatable bonds is 4. The molecule has 0 aliphatic heterocycles. The Hall–Kier alpha value is -0.720. The zero-order chi connectivity index (χ0) is 9.84. The van der Waals surface area contributed by atoms with E-state index in [1.54, 1.807) is 0 Å². The van der Waals surface area contributed by atoms with E-state index in [0.29, 0.717) is 18.9 Å². The third-order valence-corrected chi connectivity index (χ3v) is 1.64. The Morgan fingerprint density at radius 2 is 2.38 bits per heavy atom. The normalized spacial score (nSPS) is 13.5. The van der Waals surface area contributed by atoms with Gasteiger partial charge in [-0.2, -0.15) is 0 Å². The van der Waals surface area contributed by atoms with Gasteiger partial charge in [-0.25, -0.2) is 5.10 Å². The topological polar surface area (TPSA) is 65.3 Å². The molecule has 0 fully saturated rings. The van der Waals surface area contributed by atoms with Crippen LogP contribution >= 0.6 is 12.2 Å². The monoisotopic (exact) mass is 203 g/mol. The molecule has 1 aromatic rings. The summed E-state index contributed by atoms with van der Waals surface area (Å²) >= 11 is 4.70. The molecule has 1 atom stereocenters. The molecule has 0 aliphatic rings. The first-order valence-electron chi connectivity index (χ1n) is 3.95. The number of aromatic nitrogens is 2. The fourth-order valence-electron chi connectivity index (χ4n) is 1.04. The summed E-state index contributed by atoms with van der Waals surface area (Å²) in [6.07, 6.45) is -0.0952. The average Bonchev–Trinajstić information content (AvgIpc) is 2.33. The third-order valence-electron chi connectivity index (χ3n) is 1.47. The fourth-order valence-corrected chi connectivity index (χ4v) is 1.18. The zero-order valence-corrected chi connectivity index (χ0v) is 8.47. The summed E-state index contributed by atoms with van der Waals surface area (Å²) in [6, 6.07) is 0. The Morgan fingerprint density at radius 1 is 1.69 bits per heavy atom. The molecule has 6 heteroatoms. The van der Waals surface area contributed by atoms with Gasteiger partial charge in [0.1, 0.15) is 0 Å². The van der Waals surface area contributed by atoms with Gasteiger partial charge in [0, 0.05) is 6.54 Å². The van der Waals surface area contributed by atoms with Gasteiger partial charge < -0.3 is 14.4 Å². The molecule has 0 amide bonds. The van der Waals surface area contributed by atoms with E-state index < -0.39 is 6.10 Å². The quantitative estimate of drug-likeness (QED) is 0.684. The minimum Gasteiger partial charge on any atom is -0.414 e. The lowest BCUT2D eigenvalue weighted by Gasteiger charge is -2.13. The molecule has 0 aliphatic carbocycles. The lowest BCUT2D eigenvalue weighted by atomic mass is 10.2. The van der Waals surface area contributed by atoms with Gasteiger partial charge in [-0.15, -0.1) is 5.10 Å². The van der Waals surface area contributed by atoms with Crippen LogP contribution in [0.2, 0.25) is 0 Å². The second-order valence-electron chi connectivity index (χ2n) is 3.13. The van der Waals surface area contributed by atoms with Crippen LogP contribution in [0.1, 0.15) is 5.89 Å². The number of aliphatic hydroxyl groups excluding tert-OH is 1. The van der Waals surface area contributed by atoms with Gasteiger partial charge in [0.2, 0.25) is 5.89 Å². The number of hydrogen-bond donors (Lipinski definition) is 2. The lowest BCUT2D eigenvalue weighted by molar-refractivity contribution is 0.129. The predicted octanol–water partition coefficient (Wildman–Crippen LogP) is 0.197. The molecule has 1 unspecified atom stereocenters. The molecule has 0 bridgehead atoms. The van der Waals surface area contributed by atoms with Crippen molar-refractivity contribution in [2.75, 3.05) is 20.6 Å². The van der Waals surface area contributed by atoms with E-state index in [1.165, 1.54) is 0 Å². The van der Waals surface area contributed by atoms with Crippen molar-refractivity contribution < 1.29 is 9.52 Å². The Kier molecular flexibility index (Phi) is 3.58. The van der Waals surface area contributed by atoms with E-state index >= 15 is 0 Å². The van der Waals surface area contributed by atoms with Crippen molar-refractivity contribution >= 4 is 12.2 Å². The number of nitrogens with zero attached hydrogens (tertiary/aromatic N) is 2. The highest BCUT2D eigenvalue weighted by Crippen LogP contribution is 2.00. The molecule has 13 heavy (non-hydrogen) atoms. The summed E-state index contributed by atoms with van der Waals surface area (Å²) in [5.41, 5.74) is 0. The molecule has 0 saturated heterocycles. The van der Waals surface area contributed by atoms with Gasteiger partial charge in [0.05, 0.1) is 12.5 Å². The number of hydrogen-bond acceptors (Lipinski definition) is 5. The standard InChI is InChI=1S/C7H13N3O2S/c1-10(2)4-5(11)3-6-8-9-7(13)12-6/h5,11H,3-4H2,1-2H3,(H,9,13). The Morgan fingerprint density at radius 3 is 2.85 bits per heavy atom. The molecule has 1 rings (SSSR count). The minimum atomic E-state index is -0.476. The summed E-state index contributed by atoms with van der Waals surface area (Å²) in [4.78, 5) is 2.14. The van der Waals surface area contributed by atoms with Gasteiger partial charge in [0.15, 0.2) is 0 Å². The van der Waals surface area contributed by atoms with Crippen molar-refractivity contribution in [2.45, 2.75) is 12.5 Å². The second-order valence-corrected chi connectivity index (χ2v) is 3.50. The van der Waals surface area contributed by atoms with Crippen LogP contribution in [-0.2, 0) is 6.42 Å². The number of aromatic amines is 1. The van der Waals surface area contributed by atoms with Gasteiger partial charge >= 0.3 is 0 Å². The van der Waals surface area contributed by atoms with E-state index in [4.69, 9.17) is 16.6 Å². The maximum atomic E-state index is 9.49. The van der Waals surface area contributed by atoms with Crippen LogP contribution in [0.25, 0.3) is 0 Å². The van der Waals surface area contributed by atoms with E-state index in [0.717, 1.165) is 0 Å². The van der Waals surface area contributed by atoms with Crippen molar-refractivity contribution in [1.29, 1.82) is 0 Å². The smallest absolute Gasteiger partial charge is 0.284 e. The maximum Gasteiger partial charge on any atom is 0.284 e. The number of aliphatic hydroxyl groups is 1. The van der Waals surface area contributed by atoms with Gasteiger partial charge in [-0.05, 0) is 26.3 Å². The van der Waals surface area contributed by atoms with Gasteiger partial charge in [-0.1, -0.05) is 0 Å². The summed E-state index contributed by atoms with van der Waals surface area (Å²) < 4.78 is 5.01. The summed E-state index contributed by atoms with van der Waals surface area (Å²) in [7, 11) is 3.78. The average molecular weight is 203 g/mol. The molecule has 1 heterocycles. The lowest BCUT2D eigenvalue weighted by Crippen LogP contribution is -2.27. The maximum absolute atomic E-state index is 9.49. The highest BCUT2D eigenvalue weighted by atomic mass is 32.1. The Balaban J connectivity index is 2.45. The third kappa shape index (κ3) is 3.67. The fraction of sp³-hybridized carbons (Fsp3) is 0.714. The molecule has 1 aromatic heterocycles. The largest absolute Gasteiger partial charge is 0.414 e. The van der Waals surface area contributed by atoms with Crippen LogP contribution in [-0.4, -0.2) is 46.9 Å². The highest BCUT2D eigenvalue weighted by Gasteiger charge is 2.10. The summed E-state index contributed by atoms with van der Waals surface area (Å²) in [5.74, 6) is 0.444. The van der Waals surface area contributed by atoms with Crippen LogP contribution in [0.3, 0.4) is 0 Å². The summed E-state index contributed by atoms with van der Waals surface area (Å²) in [6.45, 7) is 0.579. The van der Waals surface area contributed by atoms with Crippen molar-refractivity contribution in [2.24, 2.45) is 0 Å². The minimum absolute atomic E-state index is 0.243. The highest BCUT2D eigenvalue weighted by molar-refractivity contribution is 7.71. The van der Waals surface area contributed by atoms with E-state index in [2.05, 4.69) is 10.2 Å². The SMILES string of the molecule is CN(C)CC(O)Cc1n[nH]c(=S)o1. The summed E-state index contributed by atoms with van der Waals surface area (Å²) in [5, 5.41) is 15.8. The zero-order valence-electron chi connectivity index (χ0n) is 7.65. The van der Waals surface area contributed by atoms with E-state index in [9.17, 15) is 5.11 Å². The molecule has 0 aromatic carbocycles. The predicted molar refractivity (Wildman–Crippen MR) is 50.0 cm³/mol. The van der Waals surface area contributed by atoms with Crippen LogP contribution in [0.5, 0.6) is 0 Å². The molecule has 2 N–H and O–H groups in total. The molecule has 0 radical (unpaired) electrons. The molecular formula is C7H13N3O2S. The first-order chi connectivity index (χ1) is 6.08. The number of H-pyrrole nitrogens is 1. The molecule has 74 valence electrons. The van der Waals surface area contributed by atoms with E-state index in [1.807, 2.05) is 19.0 Å². The van der Waals surface area contributed by atoms with Crippen molar-refractivity contribution in [1.82, 2.24) is 15.1 Å². The Labute approximate surface area is 81.4 Å². The van der Waals surface area contributed by atoms with Gasteiger partial charge in [0.25, 0.3) is 4.84 Å². The number of nitrogens with one attached hydrogen (secondary N) is 1. The Bertz CT molecular complexity index is 307. The molecular weight excluding hydrogens is 190 g/mol. The molecule has 5 nitrogen and oxygen atoms in total. The number of likely N-dealkylation sites (N-methyl/N-ethyl adjacent to an activating group) is 1.